The van der Waals surface area contributed by atoms with Crippen LogP contribution in [0.5, 0.6) is 0 Å². The summed E-state index contributed by atoms with van der Waals surface area (Å²) in [5.41, 5.74) is 0. The molecule has 0 aromatic carbocycles. The molecule has 7 nitrogen and oxygen atoms in total. The van der Waals surface area contributed by atoms with Gasteiger partial charge in [0.15, 0.2) is 5.03 Å². The maximum Gasteiger partial charge on any atom is 0.304 e. The van der Waals surface area contributed by atoms with E-state index in [1.807, 2.05) is 0 Å². The highest BCUT2D eigenvalue weighted by Gasteiger charge is 2.18. The second-order valence-corrected chi connectivity index (χ2v) is 4.77. The van der Waals surface area contributed by atoms with Crippen LogP contribution in [0.15, 0.2) is 17.6 Å². The highest BCUT2D eigenvalue weighted by molar-refractivity contribution is 7.89. The standard InChI is InChI=1S/C8H13N3O4S/c1-2-11-6-9-5-7(11)16(14,15)10-4-3-8(12)13/h5-6,10H,2-4H2,1H3,(H,12,13). The van der Waals surface area contributed by atoms with Gasteiger partial charge in [0.05, 0.1) is 18.9 Å². The fraction of sp³-hybridized carbons (Fsp3) is 0.500. The van der Waals surface area contributed by atoms with Crippen molar-refractivity contribution in [2.45, 2.75) is 24.9 Å². The van der Waals surface area contributed by atoms with Crippen LogP contribution in [-0.2, 0) is 21.4 Å². The molecule has 0 aliphatic carbocycles. The molecular weight excluding hydrogens is 234 g/mol. The van der Waals surface area contributed by atoms with Gasteiger partial charge in [-0.3, -0.25) is 4.79 Å². The number of hydrogen-bond donors (Lipinski definition) is 2. The van der Waals surface area contributed by atoms with Gasteiger partial charge in [0, 0.05) is 13.1 Å². The van der Waals surface area contributed by atoms with Crippen LogP contribution in [0.1, 0.15) is 13.3 Å². The molecule has 1 rings (SSSR count). The van der Waals surface area contributed by atoms with Crippen molar-refractivity contribution in [1.82, 2.24) is 14.3 Å². The van der Waals surface area contributed by atoms with Crippen LogP contribution in [0.2, 0.25) is 0 Å². The first kappa shape index (κ1) is 12.7. The van der Waals surface area contributed by atoms with E-state index in [9.17, 15) is 13.2 Å². The number of aromatic nitrogens is 2. The molecule has 0 fully saturated rings. The molecule has 0 saturated heterocycles. The highest BCUT2D eigenvalue weighted by Crippen LogP contribution is 2.07. The third kappa shape index (κ3) is 3.04. The molecule has 0 saturated carbocycles. The van der Waals surface area contributed by atoms with Gasteiger partial charge in [-0.05, 0) is 6.92 Å². The summed E-state index contributed by atoms with van der Waals surface area (Å²) in [6.07, 6.45) is 2.39. The molecule has 0 spiro atoms. The van der Waals surface area contributed by atoms with Gasteiger partial charge in [0.25, 0.3) is 10.0 Å². The van der Waals surface area contributed by atoms with Gasteiger partial charge in [-0.25, -0.2) is 18.1 Å². The first-order valence-corrected chi connectivity index (χ1v) is 6.17. The predicted molar refractivity (Wildman–Crippen MR) is 55.3 cm³/mol. The Balaban J connectivity index is 2.74. The Bertz CT molecular complexity index is 465. The first-order chi connectivity index (χ1) is 7.47. The molecule has 90 valence electrons. The summed E-state index contributed by atoms with van der Waals surface area (Å²) in [6.45, 7) is 2.14. The van der Waals surface area contributed by atoms with Crippen LogP contribution in [0.25, 0.3) is 0 Å². The number of aliphatic carboxylic acids is 1. The first-order valence-electron chi connectivity index (χ1n) is 4.69. The lowest BCUT2D eigenvalue weighted by Crippen LogP contribution is -2.28. The summed E-state index contributed by atoms with van der Waals surface area (Å²) in [5, 5.41) is 8.43. The van der Waals surface area contributed by atoms with Crippen molar-refractivity contribution in [3.05, 3.63) is 12.5 Å². The third-order valence-electron chi connectivity index (χ3n) is 1.92. The third-order valence-corrected chi connectivity index (χ3v) is 3.40. The van der Waals surface area contributed by atoms with E-state index in [0.29, 0.717) is 6.54 Å². The molecule has 2 N–H and O–H groups in total. The maximum atomic E-state index is 11.7. The highest BCUT2D eigenvalue weighted by atomic mass is 32.2. The Kier molecular flexibility index (Phi) is 4.02. The van der Waals surface area contributed by atoms with Crippen LogP contribution < -0.4 is 4.72 Å². The molecule has 0 aliphatic heterocycles. The molecule has 0 aliphatic rings. The lowest BCUT2D eigenvalue weighted by Gasteiger charge is -2.07. The largest absolute Gasteiger partial charge is 0.481 e. The van der Waals surface area contributed by atoms with Gasteiger partial charge in [0.1, 0.15) is 0 Å². The normalized spacial score (nSPS) is 11.6. The number of nitrogens with zero attached hydrogens (tertiary/aromatic N) is 2. The van der Waals surface area contributed by atoms with E-state index in [2.05, 4.69) is 9.71 Å². The molecule has 0 amide bonds. The van der Waals surface area contributed by atoms with Gasteiger partial charge in [-0.1, -0.05) is 0 Å². The average Bonchev–Trinajstić information content (AvgIpc) is 2.64. The molecule has 16 heavy (non-hydrogen) atoms. The summed E-state index contributed by atoms with van der Waals surface area (Å²) in [4.78, 5) is 14.0. The number of sulfonamides is 1. The van der Waals surface area contributed by atoms with Gasteiger partial charge in [0.2, 0.25) is 0 Å². The van der Waals surface area contributed by atoms with E-state index < -0.39 is 16.0 Å². The van der Waals surface area contributed by atoms with Crippen LogP contribution in [0.3, 0.4) is 0 Å². The Labute approximate surface area is 93.2 Å². The van der Waals surface area contributed by atoms with Crippen molar-refractivity contribution in [2.24, 2.45) is 0 Å². The average molecular weight is 247 g/mol. The smallest absolute Gasteiger partial charge is 0.304 e. The number of aryl methyl sites for hydroxylation is 1. The van der Waals surface area contributed by atoms with Crippen LogP contribution in [0, 0.1) is 0 Å². The van der Waals surface area contributed by atoms with Crippen LogP contribution >= 0.6 is 0 Å². The Morgan fingerprint density at radius 1 is 1.62 bits per heavy atom. The lowest BCUT2D eigenvalue weighted by molar-refractivity contribution is -0.136. The van der Waals surface area contributed by atoms with Gasteiger partial charge < -0.3 is 9.67 Å². The predicted octanol–water partition coefficient (Wildman–Crippen LogP) is -0.344. The molecule has 8 heteroatoms. The van der Waals surface area contributed by atoms with E-state index in [0.717, 1.165) is 0 Å². The van der Waals surface area contributed by atoms with Crippen molar-refractivity contribution >= 4 is 16.0 Å². The zero-order valence-electron chi connectivity index (χ0n) is 8.75. The number of carboxylic acids is 1. The minimum atomic E-state index is -3.67. The maximum absolute atomic E-state index is 11.7. The monoisotopic (exact) mass is 247 g/mol. The van der Waals surface area contributed by atoms with Crippen molar-refractivity contribution < 1.29 is 18.3 Å². The molecule has 0 unspecified atom stereocenters. The molecule has 1 heterocycles. The lowest BCUT2D eigenvalue weighted by atomic mass is 10.5. The van der Waals surface area contributed by atoms with E-state index >= 15 is 0 Å². The second-order valence-electron chi connectivity index (χ2n) is 3.06. The Morgan fingerprint density at radius 2 is 2.31 bits per heavy atom. The number of rotatable bonds is 6. The molecule has 0 bridgehead atoms. The molecule has 0 atom stereocenters. The number of imidazole rings is 1. The quantitative estimate of drug-likeness (QED) is 0.715. The number of carbonyl (C=O) groups is 1. The van der Waals surface area contributed by atoms with Crippen molar-refractivity contribution in [3.63, 3.8) is 0 Å². The Hall–Kier alpha value is -1.41. The fourth-order valence-corrected chi connectivity index (χ4v) is 2.34. The molecule has 1 aromatic rings. The van der Waals surface area contributed by atoms with E-state index in [1.54, 1.807) is 6.92 Å². The van der Waals surface area contributed by atoms with E-state index in [1.165, 1.54) is 17.1 Å². The second kappa shape index (κ2) is 5.08. The summed E-state index contributed by atoms with van der Waals surface area (Å²) in [7, 11) is -3.67. The minimum absolute atomic E-state index is 0.0420. The minimum Gasteiger partial charge on any atom is -0.481 e. The van der Waals surface area contributed by atoms with Crippen molar-refractivity contribution in [3.8, 4) is 0 Å². The van der Waals surface area contributed by atoms with Crippen molar-refractivity contribution in [1.29, 1.82) is 0 Å². The molecule has 1 aromatic heterocycles. The zero-order chi connectivity index (χ0) is 12.2. The van der Waals surface area contributed by atoms with Crippen LogP contribution in [0.4, 0.5) is 0 Å². The van der Waals surface area contributed by atoms with Crippen LogP contribution in [-0.4, -0.2) is 35.6 Å². The van der Waals surface area contributed by atoms with E-state index in [4.69, 9.17) is 5.11 Å². The molecule has 0 radical (unpaired) electrons. The number of carboxylic acid groups (broad SMARTS) is 1. The van der Waals surface area contributed by atoms with Crippen molar-refractivity contribution in [2.75, 3.05) is 6.54 Å². The summed E-state index contributed by atoms with van der Waals surface area (Å²) < 4.78 is 27.0. The van der Waals surface area contributed by atoms with E-state index in [-0.39, 0.29) is 18.0 Å². The SMILES string of the molecule is CCn1cncc1S(=O)(=O)NCCC(=O)O. The topological polar surface area (TPSA) is 101 Å². The van der Waals surface area contributed by atoms with Gasteiger partial charge in [-0.15, -0.1) is 0 Å². The fourth-order valence-electron chi connectivity index (χ4n) is 1.14. The Morgan fingerprint density at radius 3 is 2.88 bits per heavy atom. The van der Waals surface area contributed by atoms with Gasteiger partial charge >= 0.3 is 5.97 Å². The number of hydrogen-bond acceptors (Lipinski definition) is 4. The summed E-state index contributed by atoms with van der Waals surface area (Å²) in [5.74, 6) is -1.05. The summed E-state index contributed by atoms with van der Waals surface area (Å²) >= 11 is 0. The number of nitrogens with one attached hydrogen (secondary N) is 1. The summed E-state index contributed by atoms with van der Waals surface area (Å²) in [6, 6.07) is 0. The van der Waals surface area contributed by atoms with Gasteiger partial charge in [-0.2, -0.15) is 0 Å². The molecular formula is C8H13N3O4S. The zero-order valence-corrected chi connectivity index (χ0v) is 9.57.